The van der Waals surface area contributed by atoms with E-state index in [-0.39, 0.29) is 5.78 Å². The van der Waals surface area contributed by atoms with Crippen molar-refractivity contribution in [2.24, 2.45) is 0 Å². The van der Waals surface area contributed by atoms with Crippen molar-refractivity contribution in [3.05, 3.63) is 62.6 Å². The van der Waals surface area contributed by atoms with Gasteiger partial charge in [-0.15, -0.1) is 0 Å². The minimum absolute atomic E-state index is 0.0345. The molecule has 2 nitrogen and oxygen atoms in total. The fourth-order valence-corrected chi connectivity index (χ4v) is 2.93. The Morgan fingerprint density at radius 2 is 2.05 bits per heavy atom. The maximum Gasteiger partial charge on any atom is 0.194 e. The van der Waals surface area contributed by atoms with Gasteiger partial charge < -0.3 is 4.74 Å². The predicted octanol–water partition coefficient (Wildman–Crippen LogP) is 4.66. The number of fused-ring (bicyclic) bond motifs is 1. The van der Waals surface area contributed by atoms with Gasteiger partial charge in [0.05, 0.1) is 6.61 Å². The fraction of sp³-hybridized carbons (Fsp3) is 0.188. The molecule has 0 N–H and O–H groups in total. The van der Waals surface area contributed by atoms with Crippen molar-refractivity contribution in [3.63, 3.8) is 0 Å². The van der Waals surface area contributed by atoms with Gasteiger partial charge in [0.1, 0.15) is 5.75 Å². The first kappa shape index (κ1) is 13.7. The van der Waals surface area contributed by atoms with Crippen molar-refractivity contribution in [1.29, 1.82) is 0 Å². The first-order valence-electron chi connectivity index (χ1n) is 6.40. The minimum atomic E-state index is -0.0345. The van der Waals surface area contributed by atoms with Crippen LogP contribution in [0.15, 0.2) is 40.9 Å². The summed E-state index contributed by atoms with van der Waals surface area (Å²) in [5.74, 6) is 0.853. The Balaban J connectivity index is 2.00. The van der Waals surface area contributed by atoms with Crippen molar-refractivity contribution >= 4 is 33.3 Å². The number of hydrogen-bond acceptors (Lipinski definition) is 2. The van der Waals surface area contributed by atoms with Gasteiger partial charge in [-0.25, -0.2) is 0 Å². The Morgan fingerprint density at radius 3 is 2.90 bits per heavy atom. The average Bonchev–Trinajstić information content (AvgIpc) is 2.48. The van der Waals surface area contributed by atoms with Crippen LogP contribution in [0.1, 0.15) is 27.9 Å². The minimum Gasteiger partial charge on any atom is -0.493 e. The van der Waals surface area contributed by atoms with Crippen LogP contribution in [0.2, 0.25) is 5.02 Å². The molecule has 4 heteroatoms. The van der Waals surface area contributed by atoms with Gasteiger partial charge in [-0.3, -0.25) is 4.79 Å². The molecule has 1 heterocycles. The molecule has 3 rings (SSSR count). The second kappa shape index (κ2) is 5.58. The van der Waals surface area contributed by atoms with Crippen LogP contribution >= 0.6 is 27.5 Å². The molecule has 1 aliphatic heterocycles. The lowest BCUT2D eigenvalue weighted by Crippen LogP contribution is -2.10. The maximum absolute atomic E-state index is 12.6. The third-order valence-corrected chi connectivity index (χ3v) is 4.27. The topological polar surface area (TPSA) is 26.3 Å². The van der Waals surface area contributed by atoms with Crippen molar-refractivity contribution in [1.82, 2.24) is 0 Å². The molecule has 0 atom stereocenters. The number of benzene rings is 2. The number of rotatable bonds is 2. The van der Waals surface area contributed by atoms with Gasteiger partial charge in [0.15, 0.2) is 5.78 Å². The Morgan fingerprint density at radius 1 is 1.20 bits per heavy atom. The van der Waals surface area contributed by atoms with Crippen LogP contribution in [-0.4, -0.2) is 12.4 Å². The molecule has 2 aromatic carbocycles. The zero-order valence-corrected chi connectivity index (χ0v) is 13.0. The summed E-state index contributed by atoms with van der Waals surface area (Å²) in [6.07, 6.45) is 1.94. The Kier molecular flexibility index (Phi) is 3.81. The maximum atomic E-state index is 12.6. The summed E-state index contributed by atoms with van der Waals surface area (Å²) in [5, 5.41) is 0.554. The standard InChI is InChI=1S/C16H12BrClO2/c17-14-5-4-12(18)9-13(14)16(19)11-3-6-15-10(8-11)2-1-7-20-15/h3-6,8-9H,1-2,7H2. The van der Waals surface area contributed by atoms with Crippen LogP contribution in [-0.2, 0) is 6.42 Å². The number of ether oxygens (including phenoxy) is 1. The number of aryl methyl sites for hydroxylation is 1. The predicted molar refractivity (Wildman–Crippen MR) is 82.8 cm³/mol. The molecule has 20 heavy (non-hydrogen) atoms. The van der Waals surface area contributed by atoms with E-state index in [4.69, 9.17) is 16.3 Å². The van der Waals surface area contributed by atoms with Gasteiger partial charge >= 0.3 is 0 Å². The van der Waals surface area contributed by atoms with Gasteiger partial charge in [0.25, 0.3) is 0 Å². The largest absolute Gasteiger partial charge is 0.493 e. The van der Waals surface area contributed by atoms with Crippen molar-refractivity contribution < 1.29 is 9.53 Å². The average molecular weight is 352 g/mol. The monoisotopic (exact) mass is 350 g/mol. The molecule has 0 spiro atoms. The fourth-order valence-electron chi connectivity index (χ4n) is 2.33. The first-order valence-corrected chi connectivity index (χ1v) is 7.58. The zero-order valence-electron chi connectivity index (χ0n) is 10.7. The van der Waals surface area contributed by atoms with Crippen LogP contribution in [0.25, 0.3) is 0 Å². The van der Waals surface area contributed by atoms with E-state index in [0.29, 0.717) is 16.1 Å². The lowest BCUT2D eigenvalue weighted by atomic mass is 9.98. The summed E-state index contributed by atoms with van der Waals surface area (Å²) in [6, 6.07) is 10.8. The molecule has 102 valence electrons. The van der Waals surface area contributed by atoms with Gasteiger partial charge in [-0.1, -0.05) is 27.5 Å². The van der Waals surface area contributed by atoms with Crippen LogP contribution in [0.4, 0.5) is 0 Å². The highest BCUT2D eigenvalue weighted by atomic mass is 79.9. The molecule has 1 aliphatic rings. The first-order chi connectivity index (χ1) is 9.65. The van der Waals surface area contributed by atoms with Crippen LogP contribution < -0.4 is 4.74 Å². The van der Waals surface area contributed by atoms with E-state index < -0.39 is 0 Å². The number of ketones is 1. The van der Waals surface area contributed by atoms with Crippen LogP contribution in [0, 0.1) is 0 Å². The Hall–Kier alpha value is -1.32. The Bertz CT molecular complexity index is 682. The third kappa shape index (κ3) is 2.60. The molecular formula is C16H12BrClO2. The van der Waals surface area contributed by atoms with Gasteiger partial charge in [-0.05, 0) is 54.8 Å². The van der Waals surface area contributed by atoms with E-state index in [2.05, 4.69) is 15.9 Å². The molecule has 0 unspecified atom stereocenters. The molecular weight excluding hydrogens is 340 g/mol. The molecule has 0 radical (unpaired) electrons. The van der Waals surface area contributed by atoms with Gasteiger partial charge in [-0.2, -0.15) is 0 Å². The second-order valence-electron chi connectivity index (χ2n) is 4.73. The lowest BCUT2D eigenvalue weighted by molar-refractivity contribution is 0.103. The van der Waals surface area contributed by atoms with Gasteiger partial charge in [0.2, 0.25) is 0 Å². The number of carbonyl (C=O) groups excluding carboxylic acids is 1. The van der Waals surface area contributed by atoms with E-state index >= 15 is 0 Å². The quantitative estimate of drug-likeness (QED) is 0.736. The SMILES string of the molecule is O=C(c1ccc2c(c1)CCCO2)c1cc(Cl)ccc1Br. The molecule has 0 bridgehead atoms. The molecule has 0 saturated carbocycles. The second-order valence-corrected chi connectivity index (χ2v) is 6.02. The molecule has 0 aliphatic carbocycles. The molecule has 0 amide bonds. The summed E-state index contributed by atoms with van der Waals surface area (Å²) in [7, 11) is 0. The smallest absolute Gasteiger partial charge is 0.194 e. The normalized spacial score (nSPS) is 13.5. The highest BCUT2D eigenvalue weighted by Gasteiger charge is 2.17. The third-order valence-electron chi connectivity index (χ3n) is 3.34. The van der Waals surface area contributed by atoms with E-state index in [1.165, 1.54) is 0 Å². The molecule has 0 aromatic heterocycles. The molecule has 0 saturated heterocycles. The summed E-state index contributed by atoms with van der Waals surface area (Å²) >= 11 is 9.37. The molecule has 2 aromatic rings. The van der Waals surface area contributed by atoms with Crippen molar-refractivity contribution in [2.75, 3.05) is 6.61 Å². The summed E-state index contributed by atoms with van der Waals surface area (Å²) in [6.45, 7) is 0.750. The van der Waals surface area contributed by atoms with E-state index in [0.717, 1.165) is 35.2 Å². The summed E-state index contributed by atoms with van der Waals surface area (Å²) < 4.78 is 6.32. The van der Waals surface area contributed by atoms with Crippen molar-refractivity contribution in [2.45, 2.75) is 12.8 Å². The highest BCUT2D eigenvalue weighted by Crippen LogP contribution is 2.28. The summed E-state index contributed by atoms with van der Waals surface area (Å²) in [4.78, 5) is 12.6. The summed E-state index contributed by atoms with van der Waals surface area (Å²) in [5.41, 5.74) is 2.34. The highest BCUT2D eigenvalue weighted by molar-refractivity contribution is 9.10. The molecule has 0 fully saturated rings. The van der Waals surface area contributed by atoms with Gasteiger partial charge in [0, 0.05) is 20.6 Å². The zero-order chi connectivity index (χ0) is 14.1. The van der Waals surface area contributed by atoms with Crippen molar-refractivity contribution in [3.8, 4) is 5.75 Å². The number of halogens is 2. The van der Waals surface area contributed by atoms with E-state index in [1.807, 2.05) is 12.1 Å². The van der Waals surface area contributed by atoms with Crippen LogP contribution in [0.5, 0.6) is 5.75 Å². The van der Waals surface area contributed by atoms with Crippen LogP contribution in [0.3, 0.4) is 0 Å². The lowest BCUT2D eigenvalue weighted by Gasteiger charge is -2.17. The Labute approximate surface area is 130 Å². The number of carbonyl (C=O) groups is 1. The number of hydrogen-bond donors (Lipinski definition) is 0. The van der Waals surface area contributed by atoms with E-state index in [1.54, 1.807) is 24.3 Å². The van der Waals surface area contributed by atoms with E-state index in [9.17, 15) is 4.79 Å².